The van der Waals surface area contributed by atoms with Crippen LogP contribution in [0, 0.1) is 6.92 Å². The van der Waals surface area contributed by atoms with Crippen LogP contribution in [0.4, 0.5) is 5.95 Å². The van der Waals surface area contributed by atoms with Gasteiger partial charge in [0.1, 0.15) is 0 Å². The standard InChI is InChI=1S/C13H20N4O3/c1-9-10(3-4-11(18)19)12(20)15-13(14-9)17-7-5-16(2)6-8-17/h3-8H2,1-2H3,(H,18,19)(H,14,15,20). The van der Waals surface area contributed by atoms with Crippen molar-refractivity contribution in [1.82, 2.24) is 14.9 Å². The molecule has 7 nitrogen and oxygen atoms in total. The zero-order chi connectivity index (χ0) is 14.7. The molecule has 2 rings (SSSR count). The zero-order valence-electron chi connectivity index (χ0n) is 11.8. The molecule has 2 N–H and O–H groups in total. The Labute approximate surface area is 117 Å². The van der Waals surface area contributed by atoms with Gasteiger partial charge in [-0.3, -0.25) is 14.6 Å². The molecule has 0 bridgehead atoms. The Hall–Kier alpha value is -1.89. The van der Waals surface area contributed by atoms with Crippen LogP contribution in [0.2, 0.25) is 0 Å². The van der Waals surface area contributed by atoms with Gasteiger partial charge in [0.25, 0.3) is 5.56 Å². The second kappa shape index (κ2) is 6.04. The minimum absolute atomic E-state index is 0.0561. The molecule has 2 heterocycles. The van der Waals surface area contributed by atoms with Crippen LogP contribution in [-0.4, -0.2) is 59.2 Å². The summed E-state index contributed by atoms with van der Waals surface area (Å²) in [6.07, 6.45) is 0.159. The van der Waals surface area contributed by atoms with Crippen molar-refractivity contribution in [3.05, 3.63) is 21.6 Å². The Bertz CT molecular complexity index is 547. The number of carbonyl (C=O) groups is 1. The highest BCUT2D eigenvalue weighted by Crippen LogP contribution is 2.11. The number of aromatic amines is 1. The predicted octanol–water partition coefficient (Wildman–Crippen LogP) is -0.153. The molecule has 7 heteroatoms. The van der Waals surface area contributed by atoms with Gasteiger partial charge < -0.3 is 14.9 Å². The molecule has 1 aliphatic rings. The van der Waals surface area contributed by atoms with Crippen LogP contribution in [0.5, 0.6) is 0 Å². The van der Waals surface area contributed by atoms with Gasteiger partial charge in [-0.05, 0) is 20.4 Å². The van der Waals surface area contributed by atoms with Crippen molar-refractivity contribution >= 4 is 11.9 Å². The van der Waals surface area contributed by atoms with Crippen molar-refractivity contribution in [3.63, 3.8) is 0 Å². The van der Waals surface area contributed by atoms with Crippen molar-refractivity contribution < 1.29 is 9.90 Å². The predicted molar refractivity (Wildman–Crippen MR) is 75.3 cm³/mol. The molecule has 0 amide bonds. The molecule has 1 aromatic rings. The lowest BCUT2D eigenvalue weighted by molar-refractivity contribution is -0.136. The lowest BCUT2D eigenvalue weighted by Gasteiger charge is -2.32. The molecule has 1 aliphatic heterocycles. The number of nitrogens with zero attached hydrogens (tertiary/aromatic N) is 3. The number of nitrogens with one attached hydrogen (secondary N) is 1. The Morgan fingerprint density at radius 2 is 2.00 bits per heavy atom. The third-order valence-corrected chi connectivity index (χ3v) is 3.60. The van der Waals surface area contributed by atoms with Crippen molar-refractivity contribution in [2.24, 2.45) is 0 Å². The van der Waals surface area contributed by atoms with Crippen molar-refractivity contribution in [2.45, 2.75) is 19.8 Å². The summed E-state index contributed by atoms with van der Waals surface area (Å²) >= 11 is 0. The first kappa shape index (κ1) is 14.5. The molecule has 0 atom stereocenters. The average Bonchev–Trinajstić information content (AvgIpc) is 2.38. The fourth-order valence-corrected chi connectivity index (χ4v) is 2.29. The minimum Gasteiger partial charge on any atom is -0.481 e. The van der Waals surface area contributed by atoms with Crippen molar-refractivity contribution in [1.29, 1.82) is 0 Å². The number of anilines is 1. The number of H-pyrrole nitrogens is 1. The van der Waals surface area contributed by atoms with E-state index in [1.807, 2.05) is 0 Å². The highest BCUT2D eigenvalue weighted by molar-refractivity contribution is 5.67. The smallest absolute Gasteiger partial charge is 0.303 e. The van der Waals surface area contributed by atoms with Crippen LogP contribution in [-0.2, 0) is 11.2 Å². The normalized spacial score (nSPS) is 16.4. The third-order valence-electron chi connectivity index (χ3n) is 3.60. The number of rotatable bonds is 4. The summed E-state index contributed by atoms with van der Waals surface area (Å²) in [4.78, 5) is 34.1. The number of hydrogen-bond donors (Lipinski definition) is 2. The second-order valence-electron chi connectivity index (χ2n) is 5.14. The maximum absolute atomic E-state index is 12.1. The molecular weight excluding hydrogens is 260 g/mol. The molecule has 0 aromatic carbocycles. The highest BCUT2D eigenvalue weighted by atomic mass is 16.4. The number of aromatic nitrogens is 2. The summed E-state index contributed by atoms with van der Waals surface area (Å²) in [6.45, 7) is 5.28. The van der Waals surface area contributed by atoms with E-state index in [0.717, 1.165) is 26.2 Å². The van der Waals surface area contributed by atoms with Crippen LogP contribution >= 0.6 is 0 Å². The Morgan fingerprint density at radius 1 is 1.35 bits per heavy atom. The fourth-order valence-electron chi connectivity index (χ4n) is 2.29. The van der Waals surface area contributed by atoms with E-state index in [4.69, 9.17) is 5.11 Å². The first-order valence-corrected chi connectivity index (χ1v) is 6.72. The van der Waals surface area contributed by atoms with Crippen molar-refractivity contribution in [3.8, 4) is 0 Å². The van der Waals surface area contributed by atoms with Gasteiger partial charge in [-0.1, -0.05) is 0 Å². The largest absolute Gasteiger partial charge is 0.481 e. The minimum atomic E-state index is -0.910. The van der Waals surface area contributed by atoms with Gasteiger partial charge >= 0.3 is 5.97 Å². The summed E-state index contributed by atoms with van der Waals surface area (Å²) < 4.78 is 0. The molecule has 1 fully saturated rings. The Balaban J connectivity index is 2.17. The fraction of sp³-hybridized carbons (Fsp3) is 0.615. The maximum Gasteiger partial charge on any atom is 0.303 e. The molecule has 1 aromatic heterocycles. The van der Waals surface area contributed by atoms with Gasteiger partial charge in [-0.15, -0.1) is 0 Å². The number of piperazine rings is 1. The highest BCUT2D eigenvalue weighted by Gasteiger charge is 2.18. The number of aryl methyl sites for hydroxylation is 1. The van der Waals surface area contributed by atoms with E-state index in [1.54, 1.807) is 6.92 Å². The molecule has 20 heavy (non-hydrogen) atoms. The molecule has 0 saturated carbocycles. The number of hydrogen-bond acceptors (Lipinski definition) is 5. The Morgan fingerprint density at radius 3 is 2.55 bits per heavy atom. The first-order chi connectivity index (χ1) is 9.47. The van der Waals surface area contributed by atoms with Gasteiger partial charge in [0.2, 0.25) is 5.95 Å². The number of aliphatic carboxylic acids is 1. The molecule has 0 radical (unpaired) electrons. The SMILES string of the molecule is Cc1nc(N2CCN(C)CC2)[nH]c(=O)c1CCC(=O)O. The van der Waals surface area contributed by atoms with Crippen LogP contribution < -0.4 is 10.5 Å². The average molecular weight is 280 g/mol. The lowest BCUT2D eigenvalue weighted by Crippen LogP contribution is -2.45. The topological polar surface area (TPSA) is 89.5 Å². The van der Waals surface area contributed by atoms with Crippen LogP contribution in [0.15, 0.2) is 4.79 Å². The third kappa shape index (κ3) is 3.36. The van der Waals surface area contributed by atoms with Crippen molar-refractivity contribution in [2.75, 3.05) is 38.1 Å². The van der Waals surface area contributed by atoms with Gasteiger partial charge in [0.05, 0.1) is 0 Å². The van der Waals surface area contributed by atoms with Crippen LogP contribution in [0.1, 0.15) is 17.7 Å². The van der Waals surface area contributed by atoms with Gasteiger partial charge in [0, 0.05) is 43.9 Å². The first-order valence-electron chi connectivity index (χ1n) is 6.72. The molecular formula is C13H20N4O3. The quantitative estimate of drug-likeness (QED) is 0.797. The molecule has 0 spiro atoms. The van der Waals surface area contributed by atoms with Gasteiger partial charge in [0.15, 0.2) is 0 Å². The van der Waals surface area contributed by atoms with E-state index in [1.165, 1.54) is 0 Å². The molecule has 1 saturated heterocycles. The maximum atomic E-state index is 12.1. The van der Waals surface area contributed by atoms with E-state index in [9.17, 15) is 9.59 Å². The number of likely N-dealkylation sites (N-methyl/N-ethyl adjacent to an activating group) is 1. The summed E-state index contributed by atoms with van der Waals surface area (Å²) in [5.41, 5.74) is 0.849. The van der Waals surface area contributed by atoms with E-state index < -0.39 is 5.97 Å². The monoisotopic (exact) mass is 280 g/mol. The summed E-state index contributed by atoms with van der Waals surface area (Å²) in [6, 6.07) is 0. The van der Waals surface area contributed by atoms with E-state index in [2.05, 4.69) is 26.8 Å². The summed E-state index contributed by atoms with van der Waals surface area (Å²) in [5.74, 6) is -0.327. The molecule has 0 unspecified atom stereocenters. The van der Waals surface area contributed by atoms with Gasteiger partial charge in [-0.2, -0.15) is 0 Å². The van der Waals surface area contributed by atoms with E-state index >= 15 is 0 Å². The summed E-state index contributed by atoms with van der Waals surface area (Å²) in [7, 11) is 2.06. The van der Waals surface area contributed by atoms with E-state index in [0.29, 0.717) is 17.2 Å². The van der Waals surface area contributed by atoms with Crippen LogP contribution in [0.25, 0.3) is 0 Å². The number of carboxylic acid groups (broad SMARTS) is 1. The Kier molecular flexibility index (Phi) is 4.39. The molecule has 0 aliphatic carbocycles. The zero-order valence-corrected chi connectivity index (χ0v) is 11.8. The van der Waals surface area contributed by atoms with Gasteiger partial charge in [-0.25, -0.2) is 4.98 Å². The number of carboxylic acids is 1. The molecule has 110 valence electrons. The summed E-state index contributed by atoms with van der Waals surface area (Å²) in [5, 5.41) is 8.69. The lowest BCUT2D eigenvalue weighted by atomic mass is 10.1. The van der Waals surface area contributed by atoms with E-state index in [-0.39, 0.29) is 18.4 Å². The second-order valence-corrected chi connectivity index (χ2v) is 5.14. The van der Waals surface area contributed by atoms with Crippen LogP contribution in [0.3, 0.4) is 0 Å².